The van der Waals surface area contributed by atoms with E-state index < -0.39 is 5.97 Å². The standard InChI is InChI=1S/C34H35N5O3/c1-22-26-12-13-31-33(22)35-36-39(31)16-7-3-2-6-15-37-21-29(27-8-4-5-9-30(27)37)34(42)38-17-14-23-10-11-24(18-25(23)20-38)28(26)19-32(40)41/h4-5,8-13,18,21,28H,2-3,6-7,14-17,19-20H2,1H3,(H,40,41). The van der Waals surface area contributed by atoms with Crippen molar-refractivity contribution >= 4 is 33.8 Å². The molecule has 1 N–H and O–H groups in total. The summed E-state index contributed by atoms with van der Waals surface area (Å²) in [6, 6.07) is 18.6. The number of fused-ring (bicyclic) bond motifs is 7. The van der Waals surface area contributed by atoms with Crippen LogP contribution in [0.2, 0.25) is 0 Å². The molecule has 5 heterocycles. The van der Waals surface area contributed by atoms with Crippen LogP contribution in [0.3, 0.4) is 0 Å². The molecule has 9 bridgehead atoms. The van der Waals surface area contributed by atoms with Crippen molar-refractivity contribution in [3.8, 4) is 0 Å². The van der Waals surface area contributed by atoms with Crippen LogP contribution in [0.25, 0.3) is 21.9 Å². The van der Waals surface area contributed by atoms with Gasteiger partial charge >= 0.3 is 5.97 Å². The number of aromatic nitrogens is 4. The van der Waals surface area contributed by atoms with Crippen LogP contribution in [-0.2, 0) is 30.8 Å². The molecule has 3 aliphatic rings. The van der Waals surface area contributed by atoms with Gasteiger partial charge in [-0.05, 0) is 66.1 Å². The van der Waals surface area contributed by atoms with Gasteiger partial charge in [0.2, 0.25) is 0 Å². The first-order valence-electron chi connectivity index (χ1n) is 15.0. The number of para-hydroxylation sites is 1. The molecule has 0 radical (unpaired) electrons. The quantitative estimate of drug-likeness (QED) is 0.282. The summed E-state index contributed by atoms with van der Waals surface area (Å²) >= 11 is 0. The number of rotatable bonds is 2. The minimum atomic E-state index is -0.848. The molecule has 5 aromatic rings. The molecule has 0 aliphatic carbocycles. The second kappa shape index (κ2) is 10.7. The second-order valence-electron chi connectivity index (χ2n) is 11.8. The average Bonchev–Trinajstić information content (AvgIpc) is 3.59. The van der Waals surface area contributed by atoms with Crippen LogP contribution in [0.1, 0.15) is 76.2 Å². The lowest BCUT2D eigenvalue weighted by Crippen LogP contribution is -2.36. The van der Waals surface area contributed by atoms with Gasteiger partial charge in [-0.3, -0.25) is 9.59 Å². The largest absolute Gasteiger partial charge is 0.481 e. The Hall–Kier alpha value is -4.46. The van der Waals surface area contributed by atoms with Gasteiger partial charge < -0.3 is 14.6 Å². The number of nitrogens with zero attached hydrogens (tertiary/aromatic N) is 5. The Morgan fingerprint density at radius 1 is 0.952 bits per heavy atom. The summed E-state index contributed by atoms with van der Waals surface area (Å²) in [4.78, 5) is 28.0. The fraction of sp³-hybridized carbons (Fsp3) is 0.353. The molecule has 0 saturated heterocycles. The minimum Gasteiger partial charge on any atom is -0.481 e. The summed E-state index contributed by atoms with van der Waals surface area (Å²) in [5, 5.41) is 19.9. The highest BCUT2D eigenvalue weighted by Gasteiger charge is 2.27. The van der Waals surface area contributed by atoms with Crippen LogP contribution in [0, 0.1) is 6.92 Å². The van der Waals surface area contributed by atoms with E-state index >= 15 is 0 Å². The molecule has 214 valence electrons. The SMILES string of the molecule is Cc1c2ccc3c1nnn3CCCCCCn1cc(c3ccccc31)C(=O)N1CCc3ccc(cc3C1)C2CC(=O)O. The fourth-order valence-corrected chi connectivity index (χ4v) is 6.94. The maximum absolute atomic E-state index is 14.0. The van der Waals surface area contributed by atoms with E-state index in [9.17, 15) is 14.7 Å². The summed E-state index contributed by atoms with van der Waals surface area (Å²) in [7, 11) is 0. The van der Waals surface area contributed by atoms with Gasteiger partial charge in [-0.1, -0.05) is 60.5 Å². The second-order valence-corrected chi connectivity index (χ2v) is 11.8. The van der Waals surface area contributed by atoms with E-state index in [-0.39, 0.29) is 18.2 Å². The number of benzene rings is 3. The lowest BCUT2D eigenvalue weighted by Gasteiger charge is -2.30. The monoisotopic (exact) mass is 561 g/mol. The summed E-state index contributed by atoms with van der Waals surface area (Å²) in [5.41, 5.74) is 8.85. The van der Waals surface area contributed by atoms with Crippen molar-refractivity contribution in [3.05, 3.63) is 94.2 Å². The van der Waals surface area contributed by atoms with Crippen LogP contribution < -0.4 is 0 Å². The molecule has 2 aromatic heterocycles. The number of aryl methyl sites for hydroxylation is 3. The van der Waals surface area contributed by atoms with Crippen molar-refractivity contribution in [2.75, 3.05) is 6.54 Å². The number of aliphatic carboxylic acids is 1. The first-order valence-corrected chi connectivity index (χ1v) is 15.0. The van der Waals surface area contributed by atoms with Crippen molar-refractivity contribution in [2.24, 2.45) is 0 Å². The van der Waals surface area contributed by atoms with Crippen LogP contribution in [0.15, 0.2) is 60.8 Å². The zero-order valence-electron chi connectivity index (χ0n) is 23.9. The molecule has 1 atom stereocenters. The van der Waals surface area contributed by atoms with Gasteiger partial charge in [-0.2, -0.15) is 0 Å². The van der Waals surface area contributed by atoms with Gasteiger partial charge in [0.15, 0.2) is 0 Å². The molecular formula is C34H35N5O3. The summed E-state index contributed by atoms with van der Waals surface area (Å²) in [6.45, 7) is 4.86. The van der Waals surface area contributed by atoms with Gasteiger partial charge in [0.05, 0.1) is 17.5 Å². The molecule has 1 unspecified atom stereocenters. The lowest BCUT2D eigenvalue weighted by molar-refractivity contribution is -0.137. The van der Waals surface area contributed by atoms with Crippen molar-refractivity contribution in [3.63, 3.8) is 0 Å². The zero-order chi connectivity index (χ0) is 28.8. The van der Waals surface area contributed by atoms with Crippen LogP contribution in [0.4, 0.5) is 0 Å². The number of hydrogen-bond acceptors (Lipinski definition) is 4. The Morgan fingerprint density at radius 2 is 1.79 bits per heavy atom. The smallest absolute Gasteiger partial charge is 0.304 e. The van der Waals surface area contributed by atoms with E-state index in [1.165, 1.54) is 5.56 Å². The Balaban J connectivity index is 1.32. The minimum absolute atomic E-state index is 0.0264. The zero-order valence-corrected chi connectivity index (χ0v) is 23.9. The van der Waals surface area contributed by atoms with E-state index in [1.54, 1.807) is 0 Å². The Morgan fingerprint density at radius 3 is 2.64 bits per heavy atom. The maximum atomic E-state index is 14.0. The first kappa shape index (κ1) is 26.4. The number of hydrogen-bond donors (Lipinski definition) is 1. The van der Waals surface area contributed by atoms with Gasteiger partial charge in [0, 0.05) is 49.2 Å². The summed E-state index contributed by atoms with van der Waals surface area (Å²) in [5.74, 6) is -1.13. The third-order valence-electron chi connectivity index (χ3n) is 9.21. The Bertz CT molecular complexity index is 1830. The van der Waals surface area contributed by atoms with E-state index in [0.29, 0.717) is 13.1 Å². The molecule has 8 rings (SSSR count). The molecule has 0 fully saturated rings. The number of carbonyl (C=O) groups is 2. The topological polar surface area (TPSA) is 93.3 Å². The molecule has 8 heteroatoms. The first-order chi connectivity index (χ1) is 20.5. The Labute approximate surface area is 244 Å². The number of carboxylic acids is 1. The van der Waals surface area contributed by atoms with Crippen molar-refractivity contribution < 1.29 is 14.7 Å². The highest BCUT2D eigenvalue weighted by Crippen LogP contribution is 2.36. The number of amides is 1. The Kier molecular flexibility index (Phi) is 6.76. The van der Waals surface area contributed by atoms with E-state index in [4.69, 9.17) is 0 Å². The molecule has 0 saturated carbocycles. The van der Waals surface area contributed by atoms with Crippen LogP contribution in [0.5, 0.6) is 0 Å². The lowest BCUT2D eigenvalue weighted by atomic mass is 9.83. The molecule has 0 spiro atoms. The molecule has 42 heavy (non-hydrogen) atoms. The van der Waals surface area contributed by atoms with E-state index in [1.807, 2.05) is 40.9 Å². The van der Waals surface area contributed by atoms with E-state index in [2.05, 4.69) is 51.3 Å². The highest BCUT2D eigenvalue weighted by atomic mass is 16.4. The van der Waals surface area contributed by atoms with Gasteiger partial charge in [0.25, 0.3) is 5.91 Å². The van der Waals surface area contributed by atoms with Gasteiger partial charge in [-0.25, -0.2) is 4.68 Å². The van der Waals surface area contributed by atoms with Crippen LogP contribution >= 0.6 is 0 Å². The predicted molar refractivity (Wildman–Crippen MR) is 162 cm³/mol. The predicted octanol–water partition coefficient (Wildman–Crippen LogP) is 6.07. The third kappa shape index (κ3) is 4.65. The highest BCUT2D eigenvalue weighted by molar-refractivity contribution is 6.07. The average molecular weight is 562 g/mol. The van der Waals surface area contributed by atoms with Crippen molar-refractivity contribution in [1.29, 1.82) is 0 Å². The maximum Gasteiger partial charge on any atom is 0.304 e. The van der Waals surface area contributed by atoms with Gasteiger partial charge in [0.1, 0.15) is 5.52 Å². The van der Waals surface area contributed by atoms with Gasteiger partial charge in [-0.15, -0.1) is 5.10 Å². The van der Waals surface area contributed by atoms with E-state index in [0.717, 1.165) is 94.9 Å². The summed E-state index contributed by atoms with van der Waals surface area (Å²) < 4.78 is 4.22. The molecule has 1 amide bonds. The molecular weight excluding hydrogens is 526 g/mol. The molecule has 3 aliphatic heterocycles. The van der Waals surface area contributed by atoms with Crippen molar-refractivity contribution in [1.82, 2.24) is 24.5 Å². The third-order valence-corrected chi connectivity index (χ3v) is 9.21. The van der Waals surface area contributed by atoms with Crippen molar-refractivity contribution in [2.45, 2.75) is 71.0 Å². The fourth-order valence-electron chi connectivity index (χ4n) is 6.94. The number of carbonyl (C=O) groups excluding carboxylic acids is 1. The normalized spacial score (nSPS) is 17.8. The molecule has 3 aromatic carbocycles. The molecule has 8 nitrogen and oxygen atoms in total. The number of carboxylic acid groups (broad SMARTS) is 1. The van der Waals surface area contributed by atoms with Crippen LogP contribution in [-0.4, -0.2) is 48.0 Å². The summed E-state index contributed by atoms with van der Waals surface area (Å²) in [6.07, 6.45) is 7.00.